The molecule has 0 spiro atoms. The summed E-state index contributed by atoms with van der Waals surface area (Å²) in [7, 11) is 0. The lowest BCUT2D eigenvalue weighted by Crippen LogP contribution is -1.97. The first-order valence-electron chi connectivity index (χ1n) is 4.31. The number of nitrogen functional groups attached to an aromatic ring is 1. The largest absolute Gasteiger partial charge is 0.397 e. The molecule has 0 saturated carbocycles. The van der Waals surface area contributed by atoms with Crippen molar-refractivity contribution in [3.8, 4) is 0 Å². The average Bonchev–Trinajstić information content (AvgIpc) is 2.50. The van der Waals surface area contributed by atoms with Crippen molar-refractivity contribution in [2.45, 2.75) is 19.8 Å². The third-order valence-corrected chi connectivity index (χ3v) is 3.06. The van der Waals surface area contributed by atoms with E-state index in [1.54, 1.807) is 17.5 Å². The molecule has 0 bridgehead atoms. The summed E-state index contributed by atoms with van der Waals surface area (Å²) >= 11 is 1.71. The topological polar surface area (TPSA) is 38.9 Å². The maximum Gasteiger partial charge on any atom is 0.0814 e. The minimum absolute atomic E-state index is 0.462. The van der Waals surface area contributed by atoms with Gasteiger partial charge in [-0.25, -0.2) is 0 Å². The predicted molar refractivity (Wildman–Crippen MR) is 58.1 cm³/mol. The van der Waals surface area contributed by atoms with E-state index in [0.29, 0.717) is 5.92 Å². The summed E-state index contributed by atoms with van der Waals surface area (Å²) in [6, 6.07) is 2.03. The van der Waals surface area contributed by atoms with Gasteiger partial charge in [-0.2, -0.15) is 0 Å². The molecule has 0 aliphatic heterocycles. The molecule has 0 aliphatic rings. The molecule has 13 heavy (non-hydrogen) atoms. The number of fused-ring (bicyclic) bond motifs is 1. The van der Waals surface area contributed by atoms with Crippen molar-refractivity contribution < 1.29 is 0 Å². The Morgan fingerprint density at radius 3 is 2.92 bits per heavy atom. The quantitative estimate of drug-likeness (QED) is 0.754. The molecule has 0 radical (unpaired) electrons. The van der Waals surface area contributed by atoms with Crippen molar-refractivity contribution in [1.29, 1.82) is 0 Å². The summed E-state index contributed by atoms with van der Waals surface area (Å²) in [6.07, 6.45) is 1.75. The van der Waals surface area contributed by atoms with Crippen molar-refractivity contribution in [2.24, 2.45) is 0 Å². The van der Waals surface area contributed by atoms with E-state index in [4.69, 9.17) is 5.73 Å². The molecule has 2 nitrogen and oxygen atoms in total. The number of nitrogens with zero attached hydrogens (tertiary/aromatic N) is 1. The zero-order valence-electron chi connectivity index (χ0n) is 7.74. The van der Waals surface area contributed by atoms with Gasteiger partial charge in [-0.05, 0) is 22.9 Å². The molecule has 2 aromatic rings. The number of pyridine rings is 1. The highest BCUT2D eigenvalue weighted by Crippen LogP contribution is 2.32. The lowest BCUT2D eigenvalue weighted by atomic mass is 10.0. The van der Waals surface area contributed by atoms with Crippen LogP contribution in [-0.2, 0) is 0 Å². The van der Waals surface area contributed by atoms with Crippen molar-refractivity contribution in [3.63, 3.8) is 0 Å². The molecule has 0 atom stereocenters. The normalized spacial score (nSPS) is 11.3. The van der Waals surface area contributed by atoms with Crippen LogP contribution in [0.5, 0.6) is 0 Å². The van der Waals surface area contributed by atoms with Crippen LogP contribution in [0.25, 0.3) is 10.2 Å². The highest BCUT2D eigenvalue weighted by molar-refractivity contribution is 7.17. The highest BCUT2D eigenvalue weighted by Gasteiger charge is 2.10. The Labute approximate surface area is 81.4 Å². The van der Waals surface area contributed by atoms with Gasteiger partial charge >= 0.3 is 0 Å². The van der Waals surface area contributed by atoms with Crippen LogP contribution < -0.4 is 5.73 Å². The molecule has 2 aromatic heterocycles. The number of thiophene rings is 1. The first kappa shape index (κ1) is 8.51. The molecule has 2 heterocycles. The highest BCUT2D eigenvalue weighted by atomic mass is 32.1. The molecule has 3 heteroatoms. The maximum absolute atomic E-state index is 5.89. The van der Waals surface area contributed by atoms with Gasteiger partial charge in [0.05, 0.1) is 22.1 Å². The number of aromatic nitrogens is 1. The number of nitrogens with two attached hydrogens (primary N) is 1. The molecule has 0 aromatic carbocycles. The molecule has 0 amide bonds. The van der Waals surface area contributed by atoms with Crippen molar-refractivity contribution in [3.05, 3.63) is 23.2 Å². The molecule has 0 fully saturated rings. The molecule has 0 saturated heterocycles. The van der Waals surface area contributed by atoms with Gasteiger partial charge in [-0.15, -0.1) is 11.3 Å². The van der Waals surface area contributed by atoms with Gasteiger partial charge in [0.2, 0.25) is 0 Å². The van der Waals surface area contributed by atoms with Crippen LogP contribution in [-0.4, -0.2) is 4.98 Å². The van der Waals surface area contributed by atoms with Gasteiger partial charge in [0.15, 0.2) is 0 Å². The summed E-state index contributed by atoms with van der Waals surface area (Å²) in [5.74, 6) is 0.462. The fraction of sp³-hybridized carbons (Fsp3) is 0.300. The predicted octanol–water partition coefficient (Wildman–Crippen LogP) is 3.00. The van der Waals surface area contributed by atoms with Crippen LogP contribution in [0.2, 0.25) is 0 Å². The van der Waals surface area contributed by atoms with Gasteiger partial charge in [0.25, 0.3) is 0 Å². The lowest BCUT2D eigenvalue weighted by Gasteiger charge is -2.09. The smallest absolute Gasteiger partial charge is 0.0814 e. The Hall–Kier alpha value is -1.09. The van der Waals surface area contributed by atoms with E-state index in [-0.39, 0.29) is 0 Å². The molecule has 2 N–H and O–H groups in total. The summed E-state index contributed by atoms with van der Waals surface area (Å²) in [4.78, 5) is 4.27. The van der Waals surface area contributed by atoms with E-state index in [2.05, 4.69) is 24.2 Å². The second kappa shape index (κ2) is 3.00. The fourth-order valence-corrected chi connectivity index (χ4v) is 2.60. The molecule has 2 rings (SSSR count). The summed E-state index contributed by atoms with van der Waals surface area (Å²) in [6.45, 7) is 4.32. The van der Waals surface area contributed by atoms with E-state index in [1.807, 2.05) is 6.07 Å². The van der Waals surface area contributed by atoms with Gasteiger partial charge in [0.1, 0.15) is 0 Å². The van der Waals surface area contributed by atoms with Crippen molar-refractivity contribution >= 4 is 27.2 Å². The Morgan fingerprint density at radius 1 is 1.46 bits per heavy atom. The van der Waals surface area contributed by atoms with Gasteiger partial charge in [-0.1, -0.05) is 13.8 Å². The fourth-order valence-electron chi connectivity index (χ4n) is 1.54. The standard InChI is InChI=1S/C10H12N2S/c1-6(2)9-7(11)5-12-8-3-4-13-10(8)9/h3-6H,11H2,1-2H3. The Bertz CT molecular complexity index is 431. The van der Waals surface area contributed by atoms with Crippen LogP contribution in [0, 0.1) is 0 Å². The van der Waals surface area contributed by atoms with Gasteiger partial charge in [-0.3, -0.25) is 4.98 Å². The molecular formula is C10H12N2S. The second-order valence-electron chi connectivity index (χ2n) is 3.42. The third-order valence-electron chi connectivity index (χ3n) is 2.12. The van der Waals surface area contributed by atoms with Crippen LogP contribution in [0.1, 0.15) is 25.3 Å². The minimum Gasteiger partial charge on any atom is -0.397 e. The Kier molecular flexibility index (Phi) is 1.96. The average molecular weight is 192 g/mol. The van der Waals surface area contributed by atoms with Crippen molar-refractivity contribution in [1.82, 2.24) is 4.98 Å². The first-order valence-corrected chi connectivity index (χ1v) is 5.19. The Balaban J connectivity index is 2.80. The second-order valence-corrected chi connectivity index (χ2v) is 4.33. The minimum atomic E-state index is 0.462. The van der Waals surface area contributed by atoms with Gasteiger partial charge < -0.3 is 5.73 Å². The molecule has 0 aliphatic carbocycles. The molecule has 0 unspecified atom stereocenters. The summed E-state index contributed by atoms with van der Waals surface area (Å²) < 4.78 is 1.23. The van der Waals surface area contributed by atoms with Crippen LogP contribution in [0.3, 0.4) is 0 Å². The monoisotopic (exact) mass is 192 g/mol. The SMILES string of the molecule is CC(C)c1c(N)cnc2ccsc12. The van der Waals surface area contributed by atoms with E-state index >= 15 is 0 Å². The molecule has 68 valence electrons. The van der Waals surface area contributed by atoms with Crippen LogP contribution in [0.4, 0.5) is 5.69 Å². The number of anilines is 1. The molecular weight excluding hydrogens is 180 g/mol. The van der Waals surface area contributed by atoms with E-state index in [9.17, 15) is 0 Å². The first-order chi connectivity index (χ1) is 6.20. The number of hydrogen-bond acceptors (Lipinski definition) is 3. The Morgan fingerprint density at radius 2 is 2.23 bits per heavy atom. The zero-order valence-corrected chi connectivity index (χ0v) is 8.56. The summed E-state index contributed by atoms with van der Waals surface area (Å²) in [5, 5.41) is 2.06. The van der Waals surface area contributed by atoms with Gasteiger partial charge in [0, 0.05) is 0 Å². The number of rotatable bonds is 1. The third kappa shape index (κ3) is 1.29. The maximum atomic E-state index is 5.89. The van der Waals surface area contributed by atoms with E-state index in [0.717, 1.165) is 11.2 Å². The van der Waals surface area contributed by atoms with Crippen LogP contribution >= 0.6 is 11.3 Å². The number of hydrogen-bond donors (Lipinski definition) is 1. The van der Waals surface area contributed by atoms with E-state index in [1.165, 1.54) is 10.3 Å². The summed E-state index contributed by atoms with van der Waals surface area (Å²) in [5.41, 5.74) is 9.00. The lowest BCUT2D eigenvalue weighted by molar-refractivity contribution is 0.879. The van der Waals surface area contributed by atoms with E-state index < -0.39 is 0 Å². The zero-order chi connectivity index (χ0) is 9.42. The van der Waals surface area contributed by atoms with Crippen LogP contribution in [0.15, 0.2) is 17.6 Å². The van der Waals surface area contributed by atoms with Crippen molar-refractivity contribution in [2.75, 3.05) is 5.73 Å².